The summed E-state index contributed by atoms with van der Waals surface area (Å²) in [6, 6.07) is 1.14. The van der Waals surface area contributed by atoms with Gasteiger partial charge in [0.2, 0.25) is 0 Å². The molecule has 0 saturated carbocycles. The van der Waals surface area contributed by atoms with E-state index in [9.17, 15) is 5.11 Å². The van der Waals surface area contributed by atoms with Crippen molar-refractivity contribution in [2.24, 2.45) is 0 Å². The van der Waals surface area contributed by atoms with Gasteiger partial charge in [-0.1, -0.05) is 36.9 Å². The van der Waals surface area contributed by atoms with Crippen LogP contribution in [-0.2, 0) is 9.47 Å². The summed E-state index contributed by atoms with van der Waals surface area (Å²) in [6.07, 6.45) is 5.51. The molecule has 0 spiro atoms. The van der Waals surface area contributed by atoms with Crippen LogP contribution in [0.3, 0.4) is 0 Å². The lowest BCUT2D eigenvalue weighted by molar-refractivity contribution is -0.117. The highest BCUT2D eigenvalue weighted by Gasteiger charge is 2.15. The van der Waals surface area contributed by atoms with E-state index in [4.69, 9.17) is 9.47 Å². The van der Waals surface area contributed by atoms with E-state index >= 15 is 0 Å². The van der Waals surface area contributed by atoms with Gasteiger partial charge in [-0.25, -0.2) is 0 Å². The number of hydrogen-bond acceptors (Lipinski definition) is 3. The second-order valence-electron chi connectivity index (χ2n) is 7.88. The molecule has 0 aromatic rings. The predicted octanol–water partition coefficient (Wildman–Crippen LogP) is 5.15. The fourth-order valence-electron chi connectivity index (χ4n) is 2.07. The summed E-state index contributed by atoms with van der Waals surface area (Å²) in [5.41, 5.74) is 2.58. The van der Waals surface area contributed by atoms with Crippen LogP contribution in [0.4, 0.5) is 0 Å². The van der Waals surface area contributed by atoms with Crippen molar-refractivity contribution < 1.29 is 14.6 Å². The van der Waals surface area contributed by atoms with Gasteiger partial charge in [-0.2, -0.15) is 0 Å². The van der Waals surface area contributed by atoms with Crippen LogP contribution in [0.2, 0.25) is 25.7 Å². The first kappa shape index (κ1) is 22.6. The molecule has 0 fully saturated rings. The third kappa shape index (κ3) is 14.9. The average Bonchev–Trinajstić information content (AvgIpc) is 2.39. The molecule has 23 heavy (non-hydrogen) atoms. The van der Waals surface area contributed by atoms with Crippen molar-refractivity contribution in [1.82, 2.24) is 0 Å². The van der Waals surface area contributed by atoms with Gasteiger partial charge in [-0.05, 0) is 52.5 Å². The van der Waals surface area contributed by atoms with E-state index in [2.05, 4.69) is 46.1 Å². The molecule has 0 bridgehead atoms. The van der Waals surface area contributed by atoms with E-state index < -0.39 is 14.2 Å². The molecule has 0 unspecified atom stereocenters. The van der Waals surface area contributed by atoms with Gasteiger partial charge in [-0.15, -0.1) is 6.58 Å². The van der Waals surface area contributed by atoms with Crippen LogP contribution >= 0.6 is 0 Å². The van der Waals surface area contributed by atoms with Crippen LogP contribution in [0.25, 0.3) is 0 Å². The van der Waals surface area contributed by atoms with Gasteiger partial charge in [0.25, 0.3) is 0 Å². The maximum Gasteiger partial charge on any atom is 0.147 e. The maximum absolute atomic E-state index is 9.85. The van der Waals surface area contributed by atoms with Gasteiger partial charge in [0.15, 0.2) is 0 Å². The molecule has 4 heteroatoms. The summed E-state index contributed by atoms with van der Waals surface area (Å²) in [4.78, 5) is 0. The Morgan fingerprint density at radius 1 is 1.22 bits per heavy atom. The molecule has 0 rings (SSSR count). The minimum absolute atomic E-state index is 0.196. The summed E-state index contributed by atoms with van der Waals surface area (Å²) in [6.45, 7) is 17.9. The number of rotatable bonds is 13. The van der Waals surface area contributed by atoms with Gasteiger partial charge in [0.05, 0.1) is 12.2 Å². The molecule has 0 amide bonds. The Morgan fingerprint density at radius 2 is 1.87 bits per heavy atom. The van der Waals surface area contributed by atoms with E-state index in [1.165, 1.54) is 11.1 Å². The fourth-order valence-corrected chi connectivity index (χ4v) is 2.82. The molecule has 0 heterocycles. The van der Waals surface area contributed by atoms with Crippen LogP contribution in [0.15, 0.2) is 23.8 Å². The molecular formula is C19H38O3Si. The molecule has 2 atom stereocenters. The van der Waals surface area contributed by atoms with Gasteiger partial charge in [0.1, 0.15) is 6.79 Å². The zero-order valence-corrected chi connectivity index (χ0v) is 17.2. The van der Waals surface area contributed by atoms with E-state index in [-0.39, 0.29) is 12.9 Å². The summed E-state index contributed by atoms with van der Waals surface area (Å²) >= 11 is 0. The van der Waals surface area contributed by atoms with Crippen LogP contribution in [-0.4, -0.2) is 38.8 Å². The topological polar surface area (TPSA) is 38.7 Å². The Kier molecular flexibility index (Phi) is 11.8. The SMILES string of the molecule is C=C(C)CCC/C(C)=C\C[C@H](OCOCC[Si](C)(C)C)[C@@H](C)O. The predicted molar refractivity (Wildman–Crippen MR) is 103 cm³/mol. The zero-order valence-electron chi connectivity index (χ0n) is 16.2. The Balaban J connectivity index is 4.04. The third-order valence-corrected chi connectivity index (χ3v) is 5.48. The second-order valence-corrected chi connectivity index (χ2v) is 13.5. The van der Waals surface area contributed by atoms with E-state index in [0.717, 1.165) is 38.3 Å². The lowest BCUT2D eigenvalue weighted by atomic mass is 10.0. The first-order valence-electron chi connectivity index (χ1n) is 8.79. The highest BCUT2D eigenvalue weighted by molar-refractivity contribution is 6.76. The molecule has 0 aromatic heterocycles. The first-order chi connectivity index (χ1) is 10.6. The van der Waals surface area contributed by atoms with Gasteiger partial charge in [-0.3, -0.25) is 0 Å². The number of hydrogen-bond donors (Lipinski definition) is 1. The Bertz CT molecular complexity index is 356. The van der Waals surface area contributed by atoms with Crippen molar-refractivity contribution in [2.75, 3.05) is 13.4 Å². The lowest BCUT2D eigenvalue weighted by Gasteiger charge is -2.20. The normalized spacial score (nSPS) is 15.5. The van der Waals surface area contributed by atoms with Crippen molar-refractivity contribution >= 4 is 8.07 Å². The molecular weight excluding hydrogens is 304 g/mol. The quantitative estimate of drug-likeness (QED) is 0.218. The van der Waals surface area contributed by atoms with E-state index in [1.54, 1.807) is 6.92 Å². The minimum atomic E-state index is -1.05. The monoisotopic (exact) mass is 342 g/mol. The largest absolute Gasteiger partial charge is 0.391 e. The van der Waals surface area contributed by atoms with E-state index in [0.29, 0.717) is 0 Å². The molecule has 0 aliphatic carbocycles. The molecule has 0 aliphatic rings. The first-order valence-corrected chi connectivity index (χ1v) is 12.5. The van der Waals surface area contributed by atoms with Crippen molar-refractivity contribution in [3.63, 3.8) is 0 Å². The van der Waals surface area contributed by atoms with Crippen LogP contribution in [0, 0.1) is 0 Å². The molecule has 3 nitrogen and oxygen atoms in total. The van der Waals surface area contributed by atoms with Crippen LogP contribution < -0.4 is 0 Å². The fraction of sp³-hybridized carbons (Fsp3) is 0.789. The Morgan fingerprint density at radius 3 is 2.39 bits per heavy atom. The number of allylic oxidation sites excluding steroid dienone is 2. The van der Waals surface area contributed by atoms with Gasteiger partial charge < -0.3 is 14.6 Å². The highest BCUT2D eigenvalue weighted by Crippen LogP contribution is 2.14. The lowest BCUT2D eigenvalue weighted by Crippen LogP contribution is -2.28. The van der Waals surface area contributed by atoms with Crippen molar-refractivity contribution in [3.05, 3.63) is 23.8 Å². The third-order valence-electron chi connectivity index (χ3n) is 3.77. The minimum Gasteiger partial charge on any atom is -0.391 e. The standard InChI is InChI=1S/C19H38O3Si/c1-16(2)9-8-10-17(3)11-12-19(18(4)20)22-15-21-13-14-23(5,6)7/h11,18-20H,1,8-10,12-15H2,2-7H3/b17-11-/t18-,19+/m1/s1. The van der Waals surface area contributed by atoms with Crippen molar-refractivity contribution in [2.45, 2.75) is 84.3 Å². The molecule has 0 aromatic carbocycles. The number of aliphatic hydroxyl groups is 1. The number of ether oxygens (including phenoxy) is 2. The zero-order chi connectivity index (χ0) is 17.9. The Hall–Kier alpha value is -0.423. The molecule has 0 radical (unpaired) electrons. The smallest absolute Gasteiger partial charge is 0.147 e. The summed E-state index contributed by atoms with van der Waals surface area (Å²) < 4.78 is 11.3. The summed E-state index contributed by atoms with van der Waals surface area (Å²) in [5.74, 6) is 0. The summed E-state index contributed by atoms with van der Waals surface area (Å²) in [5, 5.41) is 9.85. The number of aliphatic hydroxyl groups excluding tert-OH is 1. The second kappa shape index (κ2) is 12.0. The van der Waals surface area contributed by atoms with E-state index in [1.807, 2.05) is 0 Å². The van der Waals surface area contributed by atoms with Crippen LogP contribution in [0.1, 0.15) is 46.5 Å². The van der Waals surface area contributed by atoms with Crippen molar-refractivity contribution in [3.8, 4) is 0 Å². The van der Waals surface area contributed by atoms with Crippen molar-refractivity contribution in [1.29, 1.82) is 0 Å². The summed E-state index contributed by atoms with van der Waals surface area (Å²) in [7, 11) is -1.05. The van der Waals surface area contributed by atoms with Gasteiger partial charge in [0, 0.05) is 14.7 Å². The van der Waals surface area contributed by atoms with Crippen LogP contribution in [0.5, 0.6) is 0 Å². The highest BCUT2D eigenvalue weighted by atomic mass is 28.3. The molecule has 1 N–H and O–H groups in total. The molecule has 0 aliphatic heterocycles. The average molecular weight is 343 g/mol. The van der Waals surface area contributed by atoms with Gasteiger partial charge >= 0.3 is 0 Å². The Labute approximate surface area is 144 Å². The molecule has 0 saturated heterocycles. The maximum atomic E-state index is 9.85. The molecule has 136 valence electrons.